The molecule has 0 bridgehead atoms. The molecule has 3 atom stereocenters. The molecule has 1 saturated carbocycles. The molecule has 170 valence electrons. The summed E-state index contributed by atoms with van der Waals surface area (Å²) >= 11 is 0. The van der Waals surface area contributed by atoms with Gasteiger partial charge in [-0.15, -0.1) is 0 Å². The van der Waals surface area contributed by atoms with Crippen LogP contribution in [0.15, 0.2) is 48.5 Å². The number of ether oxygens (including phenoxy) is 1. The number of hydrogen-bond acceptors (Lipinski definition) is 5. The second-order valence-electron chi connectivity index (χ2n) is 8.81. The number of rotatable bonds is 4. The van der Waals surface area contributed by atoms with E-state index in [1.807, 2.05) is 0 Å². The van der Waals surface area contributed by atoms with Crippen molar-refractivity contribution < 1.29 is 28.3 Å². The molecule has 7 nitrogen and oxygen atoms in total. The number of amides is 3. The lowest BCUT2D eigenvalue weighted by atomic mass is 9.81. The van der Waals surface area contributed by atoms with E-state index >= 15 is 0 Å². The lowest BCUT2D eigenvalue weighted by molar-refractivity contribution is -0.139. The molecule has 2 heterocycles. The summed E-state index contributed by atoms with van der Waals surface area (Å²) in [7, 11) is 0. The normalized spacial score (nSPS) is 24.9. The second kappa shape index (κ2) is 8.42. The highest BCUT2D eigenvalue weighted by atomic mass is 19.1. The summed E-state index contributed by atoms with van der Waals surface area (Å²) in [4.78, 5) is 53.2. The third-order valence-corrected chi connectivity index (χ3v) is 6.75. The third kappa shape index (κ3) is 3.90. The Morgan fingerprint density at radius 1 is 0.848 bits per heavy atom. The first kappa shape index (κ1) is 21.3. The summed E-state index contributed by atoms with van der Waals surface area (Å²) in [5.74, 6) is -2.31. The standard InChI is InChI=1S/C25H23FN2O5/c26-16-5-7-17(8-6-16)27-14-15(13-22(27)29)25(32)33-19-11-9-18(10-12-19)28-23(30)20-3-1-2-4-21(20)24(28)31/h5-12,15,20-21H,1-4,13-14H2/t15-,20+,21+/m0/s1. The molecule has 0 aromatic heterocycles. The molecule has 2 aliphatic heterocycles. The monoisotopic (exact) mass is 450 g/mol. The average Bonchev–Trinajstić information content (AvgIpc) is 3.33. The highest BCUT2D eigenvalue weighted by molar-refractivity contribution is 6.22. The van der Waals surface area contributed by atoms with Crippen molar-refractivity contribution >= 4 is 35.1 Å². The van der Waals surface area contributed by atoms with Gasteiger partial charge in [0.1, 0.15) is 11.6 Å². The SMILES string of the molecule is O=C(Oc1ccc(N2C(=O)[C@@H]3CCCC[C@H]3C2=O)cc1)[C@H]1CC(=O)N(c2ccc(F)cc2)C1. The van der Waals surface area contributed by atoms with Crippen LogP contribution in [0.5, 0.6) is 5.75 Å². The van der Waals surface area contributed by atoms with Gasteiger partial charge in [0, 0.05) is 18.7 Å². The number of imide groups is 1. The third-order valence-electron chi connectivity index (χ3n) is 6.75. The number of halogens is 1. The summed E-state index contributed by atoms with van der Waals surface area (Å²) in [5, 5.41) is 0. The van der Waals surface area contributed by atoms with Gasteiger partial charge in [0.25, 0.3) is 0 Å². The van der Waals surface area contributed by atoms with Crippen molar-refractivity contribution in [1.29, 1.82) is 0 Å². The van der Waals surface area contributed by atoms with Gasteiger partial charge in [-0.2, -0.15) is 0 Å². The highest BCUT2D eigenvalue weighted by Gasteiger charge is 2.48. The van der Waals surface area contributed by atoms with Gasteiger partial charge in [0.2, 0.25) is 17.7 Å². The number of benzene rings is 2. The largest absolute Gasteiger partial charge is 0.426 e. The Bertz CT molecular complexity index is 1090. The van der Waals surface area contributed by atoms with E-state index in [0.717, 1.165) is 25.7 Å². The minimum absolute atomic E-state index is 0.00779. The van der Waals surface area contributed by atoms with Gasteiger partial charge < -0.3 is 9.64 Å². The van der Waals surface area contributed by atoms with E-state index < -0.39 is 17.7 Å². The molecular formula is C25H23FN2O5. The lowest BCUT2D eigenvalue weighted by Crippen LogP contribution is -2.30. The van der Waals surface area contributed by atoms with Gasteiger partial charge in [0.05, 0.1) is 23.4 Å². The van der Waals surface area contributed by atoms with E-state index in [9.17, 15) is 23.6 Å². The molecular weight excluding hydrogens is 427 g/mol. The smallest absolute Gasteiger partial charge is 0.316 e. The van der Waals surface area contributed by atoms with Crippen molar-refractivity contribution in [1.82, 2.24) is 0 Å². The van der Waals surface area contributed by atoms with Gasteiger partial charge in [-0.3, -0.25) is 24.1 Å². The molecule has 0 radical (unpaired) electrons. The van der Waals surface area contributed by atoms with Gasteiger partial charge in [0.15, 0.2) is 0 Å². The van der Waals surface area contributed by atoms with E-state index in [-0.39, 0.29) is 48.3 Å². The number of nitrogens with zero attached hydrogens (tertiary/aromatic N) is 2. The number of anilines is 2. The van der Waals surface area contributed by atoms with Crippen molar-refractivity contribution in [2.75, 3.05) is 16.3 Å². The van der Waals surface area contributed by atoms with Gasteiger partial charge in [-0.1, -0.05) is 12.8 Å². The summed E-state index contributed by atoms with van der Waals surface area (Å²) in [6.45, 7) is 0.154. The first-order valence-corrected chi connectivity index (χ1v) is 11.2. The fourth-order valence-electron chi connectivity index (χ4n) is 5.02. The Morgan fingerprint density at radius 2 is 1.42 bits per heavy atom. The maximum Gasteiger partial charge on any atom is 0.316 e. The number of esters is 1. The number of hydrogen-bond donors (Lipinski definition) is 0. The molecule has 8 heteroatoms. The molecule has 3 amide bonds. The van der Waals surface area contributed by atoms with Crippen LogP contribution in [0, 0.1) is 23.6 Å². The predicted molar refractivity (Wildman–Crippen MR) is 117 cm³/mol. The fraction of sp³-hybridized carbons (Fsp3) is 0.360. The van der Waals surface area contributed by atoms with Crippen molar-refractivity contribution in [2.24, 2.45) is 17.8 Å². The van der Waals surface area contributed by atoms with Crippen LogP contribution in [0.3, 0.4) is 0 Å². The molecule has 1 aliphatic carbocycles. The quantitative estimate of drug-likeness (QED) is 0.405. The Balaban J connectivity index is 1.24. The highest BCUT2D eigenvalue weighted by Crippen LogP contribution is 2.40. The molecule has 3 aliphatic rings. The number of carbonyl (C=O) groups is 4. The average molecular weight is 450 g/mol. The van der Waals surface area contributed by atoms with Gasteiger partial charge >= 0.3 is 5.97 Å². The van der Waals surface area contributed by atoms with Crippen molar-refractivity contribution in [3.8, 4) is 5.75 Å². The van der Waals surface area contributed by atoms with Crippen molar-refractivity contribution in [3.05, 3.63) is 54.3 Å². The van der Waals surface area contributed by atoms with E-state index in [2.05, 4.69) is 0 Å². The minimum Gasteiger partial charge on any atom is -0.426 e. The molecule has 0 N–H and O–H groups in total. The molecule has 0 unspecified atom stereocenters. The van der Waals surface area contributed by atoms with Crippen LogP contribution in [0.4, 0.5) is 15.8 Å². The zero-order valence-electron chi connectivity index (χ0n) is 17.9. The Morgan fingerprint density at radius 3 is 2.03 bits per heavy atom. The van der Waals surface area contributed by atoms with E-state index in [4.69, 9.17) is 4.74 Å². The Labute approximate surface area is 190 Å². The molecule has 5 rings (SSSR count). The van der Waals surface area contributed by atoms with Crippen molar-refractivity contribution in [3.63, 3.8) is 0 Å². The zero-order valence-corrected chi connectivity index (χ0v) is 17.9. The first-order valence-electron chi connectivity index (χ1n) is 11.2. The van der Waals surface area contributed by atoms with Gasteiger partial charge in [-0.05, 0) is 61.4 Å². The fourth-order valence-corrected chi connectivity index (χ4v) is 5.02. The minimum atomic E-state index is -0.646. The van der Waals surface area contributed by atoms with Crippen LogP contribution in [-0.4, -0.2) is 30.2 Å². The van der Waals surface area contributed by atoms with Crippen LogP contribution in [0.2, 0.25) is 0 Å². The number of carbonyl (C=O) groups excluding carboxylic acids is 4. The van der Waals surface area contributed by atoms with Crippen LogP contribution in [-0.2, 0) is 19.2 Å². The summed E-state index contributed by atoms with van der Waals surface area (Å²) in [6, 6.07) is 11.8. The topological polar surface area (TPSA) is 84.0 Å². The summed E-state index contributed by atoms with van der Waals surface area (Å²) in [5.41, 5.74) is 0.999. The van der Waals surface area contributed by atoms with E-state index in [1.165, 1.54) is 34.1 Å². The summed E-state index contributed by atoms with van der Waals surface area (Å²) in [6.07, 6.45) is 3.43. The van der Waals surface area contributed by atoms with Crippen LogP contribution < -0.4 is 14.5 Å². The molecule has 2 aromatic carbocycles. The van der Waals surface area contributed by atoms with Crippen molar-refractivity contribution in [2.45, 2.75) is 32.1 Å². The van der Waals surface area contributed by atoms with Crippen LogP contribution in [0.25, 0.3) is 0 Å². The molecule has 3 fully saturated rings. The maximum atomic E-state index is 13.1. The first-order chi connectivity index (χ1) is 15.9. The zero-order chi connectivity index (χ0) is 23.1. The second-order valence-corrected chi connectivity index (χ2v) is 8.81. The number of fused-ring (bicyclic) bond motifs is 1. The Kier molecular flexibility index (Phi) is 5.44. The van der Waals surface area contributed by atoms with E-state index in [0.29, 0.717) is 11.4 Å². The maximum absolute atomic E-state index is 13.1. The molecule has 2 aromatic rings. The molecule has 0 spiro atoms. The van der Waals surface area contributed by atoms with E-state index in [1.54, 1.807) is 24.3 Å². The van der Waals surface area contributed by atoms with Gasteiger partial charge in [-0.25, -0.2) is 4.39 Å². The Hall–Kier alpha value is -3.55. The lowest BCUT2D eigenvalue weighted by Gasteiger charge is -2.19. The van der Waals surface area contributed by atoms with Crippen LogP contribution in [0.1, 0.15) is 32.1 Å². The predicted octanol–water partition coefficient (Wildman–Crippen LogP) is 3.46. The molecule has 2 saturated heterocycles. The molecule has 33 heavy (non-hydrogen) atoms. The van der Waals surface area contributed by atoms with Crippen LogP contribution >= 0.6 is 0 Å². The summed E-state index contributed by atoms with van der Waals surface area (Å²) < 4.78 is 18.6.